The minimum Gasteiger partial charge on any atom is -0.350 e. The van der Waals surface area contributed by atoms with E-state index in [9.17, 15) is 9.59 Å². The highest BCUT2D eigenvalue weighted by Crippen LogP contribution is 2.06. The molecule has 3 aromatic rings. The number of amides is 2. The van der Waals surface area contributed by atoms with Crippen molar-refractivity contribution >= 4 is 11.8 Å². The number of hydrogen-bond donors (Lipinski definition) is 4. The van der Waals surface area contributed by atoms with Gasteiger partial charge in [-0.3, -0.25) is 9.59 Å². The van der Waals surface area contributed by atoms with Crippen molar-refractivity contribution in [3.05, 3.63) is 90.0 Å². The second kappa shape index (κ2) is 10.9. The summed E-state index contributed by atoms with van der Waals surface area (Å²) in [6.45, 7) is 0.364. The van der Waals surface area contributed by atoms with Crippen LogP contribution in [0.25, 0.3) is 0 Å². The van der Waals surface area contributed by atoms with E-state index in [4.69, 9.17) is 5.73 Å². The van der Waals surface area contributed by atoms with Crippen LogP contribution in [0.3, 0.4) is 0 Å². The van der Waals surface area contributed by atoms with E-state index < -0.39 is 12.1 Å². The molecular formula is C23H26N5O2. The van der Waals surface area contributed by atoms with Crippen molar-refractivity contribution in [1.29, 1.82) is 0 Å². The SMILES string of the molecule is N[C@H](CCc1ccccc1)C(=O)N[C@@H](Cc1cnc[nH]1)C(=O)NCc1cc[c]cc1. The van der Waals surface area contributed by atoms with Crippen LogP contribution in [0.5, 0.6) is 0 Å². The van der Waals surface area contributed by atoms with Gasteiger partial charge in [-0.2, -0.15) is 0 Å². The van der Waals surface area contributed by atoms with Crippen molar-refractivity contribution in [2.75, 3.05) is 0 Å². The second-order valence-corrected chi connectivity index (χ2v) is 7.10. The van der Waals surface area contributed by atoms with E-state index >= 15 is 0 Å². The molecule has 3 rings (SSSR count). The lowest BCUT2D eigenvalue weighted by Crippen LogP contribution is -2.52. The highest BCUT2D eigenvalue weighted by Gasteiger charge is 2.24. The summed E-state index contributed by atoms with van der Waals surface area (Å²) in [4.78, 5) is 32.4. The van der Waals surface area contributed by atoms with Crippen LogP contribution in [-0.4, -0.2) is 33.9 Å². The van der Waals surface area contributed by atoms with Gasteiger partial charge in [0.15, 0.2) is 0 Å². The highest BCUT2D eigenvalue weighted by molar-refractivity contribution is 5.89. The summed E-state index contributed by atoms with van der Waals surface area (Å²) in [6, 6.07) is 18.7. The summed E-state index contributed by atoms with van der Waals surface area (Å²) >= 11 is 0. The molecule has 7 heteroatoms. The van der Waals surface area contributed by atoms with Crippen molar-refractivity contribution < 1.29 is 9.59 Å². The van der Waals surface area contributed by atoms with Crippen LogP contribution in [0.1, 0.15) is 23.2 Å². The van der Waals surface area contributed by atoms with E-state index in [1.807, 2.05) is 42.5 Å². The van der Waals surface area contributed by atoms with E-state index in [0.29, 0.717) is 25.8 Å². The topological polar surface area (TPSA) is 113 Å². The van der Waals surface area contributed by atoms with E-state index in [1.54, 1.807) is 18.3 Å². The molecule has 2 atom stereocenters. The van der Waals surface area contributed by atoms with E-state index in [1.165, 1.54) is 6.33 Å². The van der Waals surface area contributed by atoms with Gasteiger partial charge in [0.2, 0.25) is 11.8 Å². The molecule has 1 aromatic heterocycles. The Bertz CT molecular complexity index is 913. The van der Waals surface area contributed by atoms with Gasteiger partial charge in [-0.15, -0.1) is 0 Å². The van der Waals surface area contributed by atoms with Crippen molar-refractivity contribution in [3.8, 4) is 0 Å². The number of H-pyrrole nitrogens is 1. The number of carbonyl (C=O) groups excluding carboxylic acids is 2. The Morgan fingerprint density at radius 1 is 1.07 bits per heavy atom. The maximum absolute atomic E-state index is 12.8. The first-order chi connectivity index (χ1) is 14.6. The van der Waals surface area contributed by atoms with Crippen molar-refractivity contribution in [2.45, 2.75) is 37.9 Å². The third kappa shape index (κ3) is 6.56. The lowest BCUT2D eigenvalue weighted by molar-refractivity contribution is -0.129. The zero-order valence-electron chi connectivity index (χ0n) is 16.7. The third-order valence-electron chi connectivity index (χ3n) is 4.79. The fourth-order valence-corrected chi connectivity index (χ4v) is 3.05. The second-order valence-electron chi connectivity index (χ2n) is 7.10. The van der Waals surface area contributed by atoms with Crippen molar-refractivity contribution in [2.24, 2.45) is 5.73 Å². The highest BCUT2D eigenvalue weighted by atomic mass is 16.2. The van der Waals surface area contributed by atoms with Gasteiger partial charge in [0.05, 0.1) is 12.4 Å². The van der Waals surface area contributed by atoms with Gasteiger partial charge in [0.25, 0.3) is 0 Å². The first kappa shape index (κ1) is 21.3. The van der Waals surface area contributed by atoms with Gasteiger partial charge in [0, 0.05) is 24.9 Å². The minimum absolute atomic E-state index is 0.277. The largest absolute Gasteiger partial charge is 0.350 e. The molecule has 0 aliphatic heterocycles. The molecule has 0 spiro atoms. The molecule has 1 heterocycles. The fraction of sp³-hybridized carbons (Fsp3) is 0.261. The standard InChI is InChI=1S/C23H26N5O2/c24-20(12-11-17-7-3-1-4-8-17)22(29)28-21(13-19-15-25-16-27-19)23(30)26-14-18-9-5-2-6-10-18/h1,3-10,15-16,20-21H,11-14,24H2,(H,25,27)(H,26,30)(H,28,29)/t20-,21+/m1/s1. The Labute approximate surface area is 176 Å². The molecule has 1 radical (unpaired) electrons. The van der Waals surface area contributed by atoms with E-state index in [2.05, 4.69) is 26.7 Å². The van der Waals surface area contributed by atoms with Crippen LogP contribution >= 0.6 is 0 Å². The molecule has 7 nitrogen and oxygen atoms in total. The Hall–Kier alpha value is -3.45. The number of nitrogens with two attached hydrogens (primary N) is 1. The summed E-state index contributed by atoms with van der Waals surface area (Å²) < 4.78 is 0. The molecule has 0 saturated heterocycles. The number of aromatic amines is 1. The third-order valence-corrected chi connectivity index (χ3v) is 4.79. The molecule has 5 N–H and O–H groups in total. The number of nitrogens with zero attached hydrogens (tertiary/aromatic N) is 1. The Balaban J connectivity index is 1.58. The molecule has 2 amide bonds. The van der Waals surface area contributed by atoms with Crippen LogP contribution in [0.15, 0.2) is 67.1 Å². The quantitative estimate of drug-likeness (QED) is 0.410. The smallest absolute Gasteiger partial charge is 0.243 e. The molecular weight excluding hydrogens is 378 g/mol. The van der Waals surface area contributed by atoms with E-state index in [0.717, 1.165) is 16.8 Å². The number of aromatic nitrogens is 2. The zero-order valence-corrected chi connectivity index (χ0v) is 16.7. The maximum Gasteiger partial charge on any atom is 0.243 e. The molecule has 0 fully saturated rings. The van der Waals surface area contributed by atoms with Crippen molar-refractivity contribution in [1.82, 2.24) is 20.6 Å². The van der Waals surface area contributed by atoms with Gasteiger partial charge in [-0.25, -0.2) is 4.98 Å². The number of aryl methyl sites for hydroxylation is 1. The van der Waals surface area contributed by atoms with Crippen molar-refractivity contribution in [3.63, 3.8) is 0 Å². The van der Waals surface area contributed by atoms with Gasteiger partial charge in [-0.05, 0) is 30.0 Å². The van der Waals surface area contributed by atoms with Crippen LogP contribution in [0.4, 0.5) is 0 Å². The summed E-state index contributed by atoms with van der Waals surface area (Å²) in [5, 5.41) is 5.67. The van der Waals surface area contributed by atoms with E-state index in [-0.39, 0.29) is 11.8 Å². The summed E-state index contributed by atoms with van der Waals surface area (Å²) in [5.41, 5.74) is 8.91. The predicted molar refractivity (Wildman–Crippen MR) is 114 cm³/mol. The monoisotopic (exact) mass is 404 g/mol. The van der Waals surface area contributed by atoms with Gasteiger partial charge in [0.1, 0.15) is 6.04 Å². The fourth-order valence-electron chi connectivity index (χ4n) is 3.05. The number of nitrogens with one attached hydrogen (secondary N) is 3. The van der Waals surface area contributed by atoms with Crippen LogP contribution in [0, 0.1) is 6.07 Å². The average molecular weight is 404 g/mol. The number of rotatable bonds is 10. The molecule has 0 aliphatic rings. The van der Waals surface area contributed by atoms with Crippen LogP contribution < -0.4 is 16.4 Å². The van der Waals surface area contributed by atoms with Gasteiger partial charge in [-0.1, -0.05) is 54.6 Å². The Morgan fingerprint density at radius 2 is 1.83 bits per heavy atom. The molecule has 0 unspecified atom stereocenters. The number of imidazole rings is 1. The summed E-state index contributed by atoms with van der Waals surface area (Å²) in [7, 11) is 0. The zero-order chi connectivity index (χ0) is 21.2. The Morgan fingerprint density at radius 3 is 2.53 bits per heavy atom. The molecule has 155 valence electrons. The van der Waals surface area contributed by atoms with Crippen LogP contribution in [0.2, 0.25) is 0 Å². The summed E-state index contributed by atoms with van der Waals surface area (Å²) in [5.74, 6) is -0.624. The Kier molecular flexibility index (Phi) is 7.74. The molecule has 30 heavy (non-hydrogen) atoms. The number of carbonyl (C=O) groups is 2. The average Bonchev–Trinajstić information content (AvgIpc) is 3.30. The maximum atomic E-state index is 12.8. The lowest BCUT2D eigenvalue weighted by Gasteiger charge is -2.20. The van der Waals surface area contributed by atoms with Crippen LogP contribution in [-0.2, 0) is 29.0 Å². The normalized spacial score (nSPS) is 12.7. The molecule has 0 aliphatic carbocycles. The predicted octanol–water partition coefficient (Wildman–Crippen LogP) is 1.51. The first-order valence-corrected chi connectivity index (χ1v) is 9.91. The molecule has 2 aromatic carbocycles. The number of hydrogen-bond acceptors (Lipinski definition) is 4. The lowest BCUT2D eigenvalue weighted by atomic mass is 10.0. The molecule has 0 saturated carbocycles. The first-order valence-electron chi connectivity index (χ1n) is 9.91. The number of benzene rings is 2. The molecule has 0 bridgehead atoms. The summed E-state index contributed by atoms with van der Waals surface area (Å²) in [6.07, 6.45) is 4.66. The van der Waals surface area contributed by atoms with Gasteiger partial charge < -0.3 is 21.4 Å². The minimum atomic E-state index is -0.754. The van der Waals surface area contributed by atoms with Gasteiger partial charge >= 0.3 is 0 Å².